The molecule has 0 bridgehead atoms. The second-order valence-electron chi connectivity index (χ2n) is 4.55. The molecular weight excluding hydrogens is 278 g/mol. The molecule has 0 aliphatic heterocycles. The van der Waals surface area contributed by atoms with E-state index in [-0.39, 0.29) is 11.8 Å². The topological polar surface area (TPSA) is 29.1 Å². The maximum atomic E-state index is 12.1. The Morgan fingerprint density at radius 3 is 2.94 bits per heavy atom. The standard InChI is InChI=1S/C14H18BrNO/c1-2-11(7-8-15)16-14(17)13-9-10-5-3-4-6-12(10)13/h3-6,11,13H,2,7-9H2,1H3,(H,16,17). The van der Waals surface area contributed by atoms with Crippen LogP contribution in [0.15, 0.2) is 24.3 Å². The number of rotatable bonds is 5. The van der Waals surface area contributed by atoms with Crippen LogP contribution in [0.5, 0.6) is 0 Å². The molecule has 92 valence electrons. The number of hydrogen-bond acceptors (Lipinski definition) is 1. The van der Waals surface area contributed by atoms with Crippen LogP contribution < -0.4 is 5.32 Å². The molecule has 1 aliphatic rings. The molecule has 1 amide bonds. The predicted molar refractivity (Wildman–Crippen MR) is 73.5 cm³/mol. The van der Waals surface area contributed by atoms with E-state index < -0.39 is 0 Å². The first kappa shape index (κ1) is 12.6. The molecule has 0 heterocycles. The van der Waals surface area contributed by atoms with Crippen molar-refractivity contribution in [2.45, 2.75) is 38.1 Å². The quantitative estimate of drug-likeness (QED) is 0.832. The zero-order valence-electron chi connectivity index (χ0n) is 10.1. The molecule has 0 spiro atoms. The Kier molecular flexibility index (Phi) is 4.21. The Labute approximate surface area is 111 Å². The van der Waals surface area contributed by atoms with Crippen LogP contribution in [0, 0.1) is 0 Å². The van der Waals surface area contributed by atoms with Crippen LogP contribution in [0.1, 0.15) is 36.8 Å². The highest BCUT2D eigenvalue weighted by atomic mass is 79.9. The fraction of sp³-hybridized carbons (Fsp3) is 0.500. The summed E-state index contributed by atoms with van der Waals surface area (Å²) >= 11 is 3.42. The molecule has 1 aliphatic carbocycles. The van der Waals surface area contributed by atoms with Crippen molar-refractivity contribution in [1.29, 1.82) is 0 Å². The summed E-state index contributed by atoms with van der Waals surface area (Å²) in [7, 11) is 0. The van der Waals surface area contributed by atoms with Crippen LogP contribution in [0.3, 0.4) is 0 Å². The maximum Gasteiger partial charge on any atom is 0.228 e. The van der Waals surface area contributed by atoms with Gasteiger partial charge in [-0.05, 0) is 30.4 Å². The SMILES string of the molecule is CCC(CCBr)NC(=O)C1Cc2ccccc21. The van der Waals surface area contributed by atoms with Gasteiger partial charge in [-0.3, -0.25) is 4.79 Å². The molecule has 0 saturated heterocycles. The highest BCUT2D eigenvalue weighted by Crippen LogP contribution is 2.34. The van der Waals surface area contributed by atoms with Crippen LogP contribution in [0.4, 0.5) is 0 Å². The lowest BCUT2D eigenvalue weighted by Gasteiger charge is -2.30. The first-order valence-electron chi connectivity index (χ1n) is 6.20. The first-order valence-corrected chi connectivity index (χ1v) is 7.32. The van der Waals surface area contributed by atoms with E-state index in [4.69, 9.17) is 0 Å². The third-order valence-electron chi connectivity index (χ3n) is 3.47. The Bertz CT molecular complexity index is 405. The summed E-state index contributed by atoms with van der Waals surface area (Å²) in [5.74, 6) is 0.270. The minimum Gasteiger partial charge on any atom is -0.353 e. The number of fused-ring (bicyclic) bond motifs is 1. The monoisotopic (exact) mass is 295 g/mol. The van der Waals surface area contributed by atoms with Gasteiger partial charge in [0.05, 0.1) is 5.92 Å². The largest absolute Gasteiger partial charge is 0.353 e. The molecule has 2 nitrogen and oxygen atoms in total. The molecule has 2 unspecified atom stereocenters. The second-order valence-corrected chi connectivity index (χ2v) is 5.34. The van der Waals surface area contributed by atoms with E-state index in [1.165, 1.54) is 11.1 Å². The van der Waals surface area contributed by atoms with Gasteiger partial charge in [-0.2, -0.15) is 0 Å². The van der Waals surface area contributed by atoms with Crippen molar-refractivity contribution >= 4 is 21.8 Å². The normalized spacial score (nSPS) is 19.1. The summed E-state index contributed by atoms with van der Waals surface area (Å²) in [6.07, 6.45) is 2.88. The average Bonchev–Trinajstić information content (AvgIpc) is 2.30. The molecule has 1 aromatic rings. The molecule has 1 N–H and O–H groups in total. The molecular formula is C14H18BrNO. The van der Waals surface area contributed by atoms with Crippen molar-refractivity contribution in [3.05, 3.63) is 35.4 Å². The third kappa shape index (κ3) is 2.71. The number of carbonyl (C=O) groups excluding carboxylic acids is 1. The van der Waals surface area contributed by atoms with E-state index in [0.717, 1.165) is 24.6 Å². The van der Waals surface area contributed by atoms with E-state index >= 15 is 0 Å². The summed E-state index contributed by atoms with van der Waals surface area (Å²) < 4.78 is 0. The zero-order valence-corrected chi connectivity index (χ0v) is 11.7. The lowest BCUT2D eigenvalue weighted by atomic mass is 9.77. The fourth-order valence-corrected chi connectivity index (χ4v) is 2.86. The number of hydrogen-bond donors (Lipinski definition) is 1. The van der Waals surface area contributed by atoms with Crippen molar-refractivity contribution in [3.8, 4) is 0 Å². The first-order chi connectivity index (χ1) is 8.26. The number of alkyl halides is 1. The zero-order chi connectivity index (χ0) is 12.3. The molecule has 17 heavy (non-hydrogen) atoms. The van der Waals surface area contributed by atoms with E-state index in [9.17, 15) is 4.79 Å². The third-order valence-corrected chi connectivity index (χ3v) is 3.93. The molecule has 0 fully saturated rings. The average molecular weight is 296 g/mol. The van der Waals surface area contributed by atoms with Crippen molar-refractivity contribution in [2.75, 3.05) is 5.33 Å². The molecule has 3 heteroatoms. The van der Waals surface area contributed by atoms with Crippen LogP contribution in [-0.2, 0) is 11.2 Å². The Hall–Kier alpha value is -0.830. The molecule has 0 aromatic heterocycles. The van der Waals surface area contributed by atoms with Crippen molar-refractivity contribution < 1.29 is 4.79 Å². The lowest BCUT2D eigenvalue weighted by molar-refractivity contribution is -0.123. The van der Waals surface area contributed by atoms with Gasteiger partial charge in [0.2, 0.25) is 5.91 Å². The van der Waals surface area contributed by atoms with Gasteiger partial charge in [0.15, 0.2) is 0 Å². The molecule has 0 saturated carbocycles. The van der Waals surface area contributed by atoms with Gasteiger partial charge in [0.25, 0.3) is 0 Å². The fourth-order valence-electron chi connectivity index (χ4n) is 2.30. The number of nitrogens with one attached hydrogen (secondary N) is 1. The van der Waals surface area contributed by atoms with Crippen molar-refractivity contribution in [2.24, 2.45) is 0 Å². The van der Waals surface area contributed by atoms with Crippen molar-refractivity contribution in [1.82, 2.24) is 5.32 Å². The van der Waals surface area contributed by atoms with Crippen LogP contribution in [-0.4, -0.2) is 17.3 Å². The van der Waals surface area contributed by atoms with E-state index in [0.29, 0.717) is 6.04 Å². The van der Waals surface area contributed by atoms with E-state index in [1.54, 1.807) is 0 Å². The molecule has 0 radical (unpaired) electrons. The summed E-state index contributed by atoms with van der Waals surface area (Å²) in [5, 5.41) is 4.08. The summed E-state index contributed by atoms with van der Waals surface area (Å²) in [6, 6.07) is 8.51. The highest BCUT2D eigenvalue weighted by Gasteiger charge is 2.32. The predicted octanol–water partition coefficient (Wildman–Crippen LogP) is 3.01. The van der Waals surface area contributed by atoms with Gasteiger partial charge in [0.1, 0.15) is 0 Å². The van der Waals surface area contributed by atoms with Gasteiger partial charge >= 0.3 is 0 Å². The minimum atomic E-state index is 0.0792. The van der Waals surface area contributed by atoms with E-state index in [2.05, 4.69) is 40.3 Å². The van der Waals surface area contributed by atoms with Crippen LogP contribution in [0.25, 0.3) is 0 Å². The van der Waals surface area contributed by atoms with Crippen LogP contribution >= 0.6 is 15.9 Å². The van der Waals surface area contributed by atoms with Crippen LogP contribution in [0.2, 0.25) is 0 Å². The molecule has 2 atom stereocenters. The van der Waals surface area contributed by atoms with Crippen molar-refractivity contribution in [3.63, 3.8) is 0 Å². The Morgan fingerprint density at radius 1 is 1.53 bits per heavy atom. The number of benzene rings is 1. The Balaban J connectivity index is 1.95. The summed E-state index contributed by atoms with van der Waals surface area (Å²) in [6.45, 7) is 2.11. The molecule has 1 aromatic carbocycles. The lowest BCUT2D eigenvalue weighted by Crippen LogP contribution is -2.41. The van der Waals surface area contributed by atoms with Gasteiger partial charge in [-0.15, -0.1) is 0 Å². The van der Waals surface area contributed by atoms with Gasteiger partial charge in [0, 0.05) is 11.4 Å². The Morgan fingerprint density at radius 2 is 2.29 bits per heavy atom. The molecule has 2 rings (SSSR count). The maximum absolute atomic E-state index is 12.1. The number of halogens is 1. The summed E-state index contributed by atoms with van der Waals surface area (Å²) in [5.41, 5.74) is 2.53. The highest BCUT2D eigenvalue weighted by molar-refractivity contribution is 9.09. The number of carbonyl (C=O) groups is 1. The number of amides is 1. The smallest absolute Gasteiger partial charge is 0.228 e. The minimum absolute atomic E-state index is 0.0792. The van der Waals surface area contributed by atoms with Gasteiger partial charge in [-0.1, -0.05) is 47.1 Å². The van der Waals surface area contributed by atoms with Gasteiger partial charge < -0.3 is 5.32 Å². The second kappa shape index (κ2) is 5.67. The van der Waals surface area contributed by atoms with E-state index in [1.807, 2.05) is 12.1 Å². The van der Waals surface area contributed by atoms with Gasteiger partial charge in [-0.25, -0.2) is 0 Å². The summed E-state index contributed by atoms with van der Waals surface area (Å²) in [4.78, 5) is 12.1.